The van der Waals surface area contributed by atoms with E-state index in [0.29, 0.717) is 36.6 Å². The zero-order valence-corrected chi connectivity index (χ0v) is 20.1. The molecule has 7 nitrogen and oxygen atoms in total. The zero-order chi connectivity index (χ0) is 25.0. The Morgan fingerprint density at radius 3 is 1.66 bits per heavy atom. The van der Waals surface area contributed by atoms with Crippen LogP contribution in [-0.4, -0.2) is 24.3 Å². The van der Waals surface area contributed by atoms with Crippen molar-refractivity contribution in [2.24, 2.45) is 5.92 Å². The van der Waals surface area contributed by atoms with Crippen molar-refractivity contribution in [3.8, 4) is 0 Å². The Morgan fingerprint density at radius 1 is 0.629 bits per heavy atom. The average Bonchev–Trinajstić information content (AvgIpc) is 2.84. The molecule has 7 heteroatoms. The summed E-state index contributed by atoms with van der Waals surface area (Å²) >= 11 is 0. The van der Waals surface area contributed by atoms with Gasteiger partial charge in [-0.1, -0.05) is 44.2 Å². The highest BCUT2D eigenvalue weighted by Gasteiger charge is 2.07. The van der Waals surface area contributed by atoms with E-state index in [1.807, 2.05) is 56.3 Å². The van der Waals surface area contributed by atoms with E-state index >= 15 is 0 Å². The summed E-state index contributed by atoms with van der Waals surface area (Å²) in [5.74, 6) is 0.0338. The second kappa shape index (κ2) is 12.9. The standard InChI is InChI=1S/C28H32N4O3/c1-20(2)18-27(34)31-24-11-9-22(10-12-24)29-19-28(35)32-25-15-13-23(14-16-25)30-26(33)17-8-21-6-4-3-5-7-21/h3-7,9-16,20,29H,8,17-19H2,1-2H3,(H,30,33)(H,31,34)(H,32,35). The van der Waals surface area contributed by atoms with Crippen molar-refractivity contribution >= 4 is 40.5 Å². The van der Waals surface area contributed by atoms with Crippen molar-refractivity contribution in [1.82, 2.24) is 0 Å². The van der Waals surface area contributed by atoms with Gasteiger partial charge in [0.05, 0.1) is 6.54 Å². The lowest BCUT2D eigenvalue weighted by molar-refractivity contribution is -0.117. The van der Waals surface area contributed by atoms with Crippen molar-refractivity contribution in [1.29, 1.82) is 0 Å². The first-order valence-electron chi connectivity index (χ1n) is 11.7. The SMILES string of the molecule is CC(C)CC(=O)Nc1ccc(NCC(=O)Nc2ccc(NC(=O)CCc3ccccc3)cc2)cc1. The quantitative estimate of drug-likeness (QED) is 0.305. The molecule has 4 N–H and O–H groups in total. The molecule has 0 aliphatic heterocycles. The predicted molar refractivity (Wildman–Crippen MR) is 141 cm³/mol. The highest BCUT2D eigenvalue weighted by molar-refractivity contribution is 5.95. The molecule has 3 aromatic rings. The van der Waals surface area contributed by atoms with E-state index in [-0.39, 0.29) is 24.3 Å². The van der Waals surface area contributed by atoms with E-state index in [4.69, 9.17) is 0 Å². The molecule has 0 aliphatic carbocycles. The summed E-state index contributed by atoms with van der Waals surface area (Å²) in [6, 6.07) is 24.1. The van der Waals surface area contributed by atoms with Crippen LogP contribution in [0.25, 0.3) is 0 Å². The second-order valence-electron chi connectivity index (χ2n) is 8.74. The highest BCUT2D eigenvalue weighted by Crippen LogP contribution is 2.16. The first-order chi connectivity index (χ1) is 16.9. The summed E-state index contributed by atoms with van der Waals surface area (Å²) in [5, 5.41) is 11.6. The van der Waals surface area contributed by atoms with Gasteiger partial charge in [0, 0.05) is 35.6 Å². The van der Waals surface area contributed by atoms with Crippen LogP contribution < -0.4 is 21.3 Å². The van der Waals surface area contributed by atoms with E-state index < -0.39 is 0 Å². The number of hydrogen-bond donors (Lipinski definition) is 4. The Labute approximate surface area is 206 Å². The van der Waals surface area contributed by atoms with Crippen LogP contribution in [0.1, 0.15) is 32.3 Å². The van der Waals surface area contributed by atoms with E-state index in [9.17, 15) is 14.4 Å². The van der Waals surface area contributed by atoms with Crippen molar-refractivity contribution in [2.75, 3.05) is 27.8 Å². The molecule has 3 rings (SSSR count). The Hall–Kier alpha value is -4.13. The Bertz CT molecular complexity index is 1110. The van der Waals surface area contributed by atoms with Gasteiger partial charge in [-0.05, 0) is 66.4 Å². The third-order valence-corrected chi connectivity index (χ3v) is 5.15. The summed E-state index contributed by atoms with van der Waals surface area (Å²) in [6.45, 7) is 4.09. The molecule has 0 aliphatic rings. The van der Waals surface area contributed by atoms with Crippen LogP contribution in [0.5, 0.6) is 0 Å². The number of rotatable bonds is 11. The van der Waals surface area contributed by atoms with Gasteiger partial charge in [0.25, 0.3) is 0 Å². The normalized spacial score (nSPS) is 10.5. The fourth-order valence-corrected chi connectivity index (χ4v) is 3.40. The Morgan fingerprint density at radius 2 is 1.11 bits per heavy atom. The van der Waals surface area contributed by atoms with Gasteiger partial charge in [-0.2, -0.15) is 0 Å². The number of benzene rings is 3. The number of aryl methyl sites for hydroxylation is 1. The van der Waals surface area contributed by atoms with Crippen molar-refractivity contribution in [2.45, 2.75) is 33.1 Å². The number of carbonyl (C=O) groups excluding carboxylic acids is 3. The Kier molecular flexibility index (Phi) is 9.42. The highest BCUT2D eigenvalue weighted by atomic mass is 16.2. The molecule has 0 fully saturated rings. The maximum atomic E-state index is 12.3. The fraction of sp³-hybridized carbons (Fsp3) is 0.250. The summed E-state index contributed by atoms with van der Waals surface area (Å²) < 4.78 is 0. The molecule has 35 heavy (non-hydrogen) atoms. The molecule has 0 atom stereocenters. The van der Waals surface area contributed by atoms with E-state index in [1.54, 1.807) is 36.4 Å². The minimum atomic E-state index is -0.195. The summed E-state index contributed by atoms with van der Waals surface area (Å²) in [7, 11) is 0. The topological polar surface area (TPSA) is 99.3 Å². The maximum absolute atomic E-state index is 12.3. The summed E-state index contributed by atoms with van der Waals surface area (Å²) in [4.78, 5) is 36.3. The predicted octanol–water partition coefficient (Wildman–Crippen LogP) is 5.29. The average molecular weight is 473 g/mol. The van der Waals surface area contributed by atoms with Gasteiger partial charge >= 0.3 is 0 Å². The molecule has 0 aromatic heterocycles. The molecular weight excluding hydrogens is 440 g/mol. The number of nitrogens with one attached hydrogen (secondary N) is 4. The first kappa shape index (κ1) is 25.5. The smallest absolute Gasteiger partial charge is 0.243 e. The van der Waals surface area contributed by atoms with Gasteiger partial charge in [-0.25, -0.2) is 0 Å². The molecule has 3 aromatic carbocycles. The molecule has 182 valence electrons. The van der Waals surface area contributed by atoms with Crippen LogP contribution in [0.2, 0.25) is 0 Å². The van der Waals surface area contributed by atoms with Crippen molar-refractivity contribution < 1.29 is 14.4 Å². The summed E-state index contributed by atoms with van der Waals surface area (Å²) in [6.07, 6.45) is 1.56. The van der Waals surface area contributed by atoms with Crippen molar-refractivity contribution in [3.05, 3.63) is 84.4 Å². The molecular formula is C28H32N4O3. The molecule has 0 radical (unpaired) electrons. The zero-order valence-electron chi connectivity index (χ0n) is 20.1. The van der Waals surface area contributed by atoms with E-state index in [1.165, 1.54) is 0 Å². The number of amides is 3. The lowest BCUT2D eigenvalue weighted by Crippen LogP contribution is -2.21. The molecule has 0 unspecified atom stereocenters. The van der Waals surface area contributed by atoms with Gasteiger partial charge < -0.3 is 21.3 Å². The van der Waals surface area contributed by atoms with Gasteiger partial charge in [0.15, 0.2) is 0 Å². The second-order valence-corrected chi connectivity index (χ2v) is 8.74. The largest absolute Gasteiger partial charge is 0.376 e. The van der Waals surface area contributed by atoms with Crippen LogP contribution >= 0.6 is 0 Å². The fourth-order valence-electron chi connectivity index (χ4n) is 3.40. The molecule has 3 amide bonds. The lowest BCUT2D eigenvalue weighted by Gasteiger charge is -2.11. The number of hydrogen-bond acceptors (Lipinski definition) is 4. The van der Waals surface area contributed by atoms with E-state index in [2.05, 4.69) is 21.3 Å². The van der Waals surface area contributed by atoms with E-state index in [0.717, 1.165) is 16.9 Å². The molecule has 0 saturated carbocycles. The Balaban J connectivity index is 1.39. The minimum absolute atomic E-state index is 0.0159. The molecule has 0 heterocycles. The van der Waals surface area contributed by atoms with Gasteiger partial charge in [0.1, 0.15) is 0 Å². The van der Waals surface area contributed by atoms with Crippen LogP contribution in [0, 0.1) is 5.92 Å². The van der Waals surface area contributed by atoms with Gasteiger partial charge in [0.2, 0.25) is 17.7 Å². The monoisotopic (exact) mass is 472 g/mol. The third kappa shape index (κ3) is 9.33. The van der Waals surface area contributed by atoms with Gasteiger partial charge in [-0.3, -0.25) is 14.4 Å². The molecule has 0 saturated heterocycles. The van der Waals surface area contributed by atoms with Crippen LogP contribution in [-0.2, 0) is 20.8 Å². The first-order valence-corrected chi connectivity index (χ1v) is 11.7. The van der Waals surface area contributed by atoms with Gasteiger partial charge in [-0.15, -0.1) is 0 Å². The van der Waals surface area contributed by atoms with Crippen molar-refractivity contribution in [3.63, 3.8) is 0 Å². The maximum Gasteiger partial charge on any atom is 0.243 e. The number of anilines is 4. The molecule has 0 spiro atoms. The lowest BCUT2D eigenvalue weighted by atomic mass is 10.1. The van der Waals surface area contributed by atoms with Crippen LogP contribution in [0.4, 0.5) is 22.7 Å². The molecule has 0 bridgehead atoms. The number of carbonyl (C=O) groups is 3. The third-order valence-electron chi connectivity index (χ3n) is 5.15. The van der Waals surface area contributed by atoms with Crippen LogP contribution in [0.3, 0.4) is 0 Å². The summed E-state index contributed by atoms with van der Waals surface area (Å²) in [5.41, 5.74) is 3.94. The minimum Gasteiger partial charge on any atom is -0.376 e. The van der Waals surface area contributed by atoms with Crippen LogP contribution in [0.15, 0.2) is 78.9 Å².